The molecule has 0 radical (unpaired) electrons. The number of methoxy groups -OCH3 is 1. The number of amides is 1. The number of halogens is 3. The van der Waals surface area contributed by atoms with Crippen molar-refractivity contribution < 1.29 is 14.3 Å². The lowest BCUT2D eigenvalue weighted by Gasteiger charge is -2.14. The maximum absolute atomic E-state index is 12.2. The van der Waals surface area contributed by atoms with Crippen LogP contribution in [0, 0.1) is 0 Å². The predicted molar refractivity (Wildman–Crippen MR) is 120 cm³/mol. The number of hydrogen-bond donors (Lipinski definition) is 1. The first-order valence-corrected chi connectivity index (χ1v) is 9.94. The van der Waals surface area contributed by atoms with Crippen molar-refractivity contribution in [3.05, 3.63) is 92.4 Å². The van der Waals surface area contributed by atoms with Gasteiger partial charge in [-0.05, 0) is 42.5 Å². The van der Waals surface area contributed by atoms with Crippen LogP contribution in [-0.2, 0) is 6.61 Å². The number of hydrogen-bond acceptors (Lipinski definition) is 4. The minimum Gasteiger partial charge on any atom is -0.493 e. The Morgan fingerprint density at radius 1 is 1.03 bits per heavy atom. The smallest absolute Gasteiger partial charge is 0.271 e. The first-order valence-electron chi connectivity index (χ1n) is 8.80. The molecule has 0 spiro atoms. The number of carbonyl (C=O) groups is 1. The maximum atomic E-state index is 12.2. The van der Waals surface area contributed by atoms with Crippen LogP contribution in [0.15, 0.2) is 65.8 Å². The van der Waals surface area contributed by atoms with Gasteiger partial charge in [0, 0.05) is 31.8 Å². The lowest BCUT2D eigenvalue weighted by atomic mass is 10.2. The highest BCUT2D eigenvalue weighted by molar-refractivity contribution is 6.35. The summed E-state index contributed by atoms with van der Waals surface area (Å²) < 4.78 is 11.3. The zero-order chi connectivity index (χ0) is 21.5. The predicted octanol–water partition coefficient (Wildman–Crippen LogP) is 6.00. The second kappa shape index (κ2) is 10.3. The number of carbonyl (C=O) groups excluding carboxylic acids is 1. The van der Waals surface area contributed by atoms with Crippen LogP contribution in [0.25, 0.3) is 0 Å². The van der Waals surface area contributed by atoms with E-state index < -0.39 is 0 Å². The number of benzene rings is 3. The largest absolute Gasteiger partial charge is 0.493 e. The van der Waals surface area contributed by atoms with Crippen molar-refractivity contribution in [2.75, 3.05) is 7.11 Å². The molecule has 30 heavy (non-hydrogen) atoms. The van der Waals surface area contributed by atoms with Crippen molar-refractivity contribution in [1.29, 1.82) is 0 Å². The summed E-state index contributed by atoms with van der Waals surface area (Å²) in [6.07, 6.45) is 1.48. The van der Waals surface area contributed by atoms with Gasteiger partial charge in [0.2, 0.25) is 0 Å². The van der Waals surface area contributed by atoms with E-state index in [9.17, 15) is 4.79 Å². The summed E-state index contributed by atoms with van der Waals surface area (Å²) >= 11 is 18.1. The highest BCUT2D eigenvalue weighted by Crippen LogP contribution is 2.32. The Balaban J connectivity index is 1.76. The standard InChI is InChI=1S/C22H17Cl3N2O3/c1-29-20-7-3-5-15(12-26-27-22(28)14-4-2-6-17(23)10-14)21(20)30-13-16-8-9-18(24)11-19(16)25/h2-12H,13H2,1H3,(H,27,28)/b26-12-. The molecule has 154 valence electrons. The number of nitrogens with one attached hydrogen (secondary N) is 1. The number of rotatable bonds is 7. The van der Waals surface area contributed by atoms with E-state index in [0.717, 1.165) is 5.56 Å². The van der Waals surface area contributed by atoms with E-state index in [1.165, 1.54) is 6.21 Å². The molecule has 3 rings (SSSR count). The minimum atomic E-state index is -0.382. The molecule has 0 saturated heterocycles. The van der Waals surface area contributed by atoms with Crippen molar-refractivity contribution in [2.45, 2.75) is 6.61 Å². The summed E-state index contributed by atoms with van der Waals surface area (Å²) in [6, 6.07) is 17.1. The van der Waals surface area contributed by atoms with Crippen LogP contribution in [0.5, 0.6) is 11.5 Å². The molecule has 3 aromatic rings. The van der Waals surface area contributed by atoms with Gasteiger partial charge in [0.05, 0.1) is 13.3 Å². The summed E-state index contributed by atoms with van der Waals surface area (Å²) in [5.41, 5.74) is 4.25. The lowest BCUT2D eigenvalue weighted by Crippen LogP contribution is -2.17. The van der Waals surface area contributed by atoms with E-state index in [1.807, 2.05) is 0 Å². The van der Waals surface area contributed by atoms with Crippen molar-refractivity contribution in [3.63, 3.8) is 0 Å². The van der Waals surface area contributed by atoms with Crippen molar-refractivity contribution >= 4 is 46.9 Å². The Morgan fingerprint density at radius 3 is 2.53 bits per heavy atom. The summed E-state index contributed by atoms with van der Waals surface area (Å²) in [7, 11) is 1.54. The van der Waals surface area contributed by atoms with Gasteiger partial charge in [0.25, 0.3) is 5.91 Å². The summed E-state index contributed by atoms with van der Waals surface area (Å²) in [5, 5.41) is 5.54. The Morgan fingerprint density at radius 2 is 1.80 bits per heavy atom. The summed E-state index contributed by atoms with van der Waals surface area (Å²) in [5.74, 6) is 0.601. The third-order valence-electron chi connectivity index (χ3n) is 4.07. The van der Waals surface area contributed by atoms with Crippen molar-refractivity contribution in [3.8, 4) is 11.5 Å². The van der Waals surface area contributed by atoms with Crippen LogP contribution in [-0.4, -0.2) is 19.2 Å². The third kappa shape index (κ3) is 5.66. The lowest BCUT2D eigenvalue weighted by molar-refractivity contribution is 0.0955. The normalized spacial score (nSPS) is 10.8. The number of hydrazone groups is 1. The van der Waals surface area contributed by atoms with Gasteiger partial charge in [-0.25, -0.2) is 5.43 Å². The molecule has 8 heteroatoms. The molecule has 0 heterocycles. The molecular formula is C22H17Cl3N2O3. The molecule has 1 N–H and O–H groups in total. The third-order valence-corrected chi connectivity index (χ3v) is 4.89. The zero-order valence-electron chi connectivity index (χ0n) is 15.9. The average Bonchev–Trinajstić information content (AvgIpc) is 2.73. The molecule has 0 fully saturated rings. The van der Waals surface area contributed by atoms with E-state index >= 15 is 0 Å². The summed E-state index contributed by atoms with van der Waals surface area (Å²) in [4.78, 5) is 12.2. The highest BCUT2D eigenvalue weighted by Gasteiger charge is 2.11. The molecule has 1 amide bonds. The Hall–Kier alpha value is -2.73. The van der Waals surface area contributed by atoms with Crippen molar-refractivity contribution in [1.82, 2.24) is 5.43 Å². The van der Waals surface area contributed by atoms with Gasteiger partial charge in [-0.2, -0.15) is 5.10 Å². The van der Waals surface area contributed by atoms with Crippen LogP contribution < -0.4 is 14.9 Å². The number of nitrogens with zero attached hydrogens (tertiary/aromatic N) is 1. The molecule has 0 atom stereocenters. The van der Waals surface area contributed by atoms with E-state index in [1.54, 1.807) is 67.8 Å². The van der Waals surface area contributed by atoms with Gasteiger partial charge in [0.15, 0.2) is 11.5 Å². The van der Waals surface area contributed by atoms with E-state index in [4.69, 9.17) is 44.3 Å². The van der Waals surface area contributed by atoms with Crippen LogP contribution in [0.2, 0.25) is 15.1 Å². The monoisotopic (exact) mass is 462 g/mol. The van der Waals surface area contributed by atoms with Crippen molar-refractivity contribution in [2.24, 2.45) is 5.10 Å². The van der Waals surface area contributed by atoms with Gasteiger partial charge in [-0.15, -0.1) is 0 Å². The molecule has 3 aromatic carbocycles. The Kier molecular flexibility index (Phi) is 7.57. The van der Waals surface area contributed by atoms with Crippen LogP contribution in [0.1, 0.15) is 21.5 Å². The SMILES string of the molecule is COc1cccc(/C=N\NC(=O)c2cccc(Cl)c2)c1OCc1ccc(Cl)cc1Cl. The van der Waals surface area contributed by atoms with E-state index in [2.05, 4.69) is 10.5 Å². The van der Waals surface area contributed by atoms with Gasteiger partial charge >= 0.3 is 0 Å². The van der Waals surface area contributed by atoms with E-state index in [0.29, 0.717) is 37.7 Å². The first kappa shape index (κ1) is 22.0. The fourth-order valence-electron chi connectivity index (χ4n) is 2.59. The molecule has 5 nitrogen and oxygen atoms in total. The number of para-hydroxylation sites is 1. The fourth-order valence-corrected chi connectivity index (χ4v) is 3.25. The minimum absolute atomic E-state index is 0.200. The fraction of sp³-hybridized carbons (Fsp3) is 0.0909. The van der Waals surface area contributed by atoms with E-state index in [-0.39, 0.29) is 12.5 Å². The Bertz CT molecular complexity index is 1090. The van der Waals surface area contributed by atoms with Gasteiger partial charge in [-0.1, -0.05) is 53.0 Å². The van der Waals surface area contributed by atoms with Gasteiger partial charge in [0.1, 0.15) is 6.61 Å². The summed E-state index contributed by atoms with van der Waals surface area (Å²) in [6.45, 7) is 0.200. The molecule has 0 bridgehead atoms. The molecule has 0 aliphatic rings. The van der Waals surface area contributed by atoms with Crippen LogP contribution in [0.4, 0.5) is 0 Å². The molecule has 0 aromatic heterocycles. The second-order valence-electron chi connectivity index (χ2n) is 6.11. The van der Waals surface area contributed by atoms with Crippen LogP contribution in [0.3, 0.4) is 0 Å². The average molecular weight is 464 g/mol. The zero-order valence-corrected chi connectivity index (χ0v) is 18.1. The number of ether oxygens (including phenoxy) is 2. The molecule has 0 aliphatic heterocycles. The first-order chi connectivity index (χ1) is 14.5. The van der Waals surface area contributed by atoms with Gasteiger partial charge in [-0.3, -0.25) is 4.79 Å². The molecular weight excluding hydrogens is 447 g/mol. The quantitative estimate of drug-likeness (QED) is 0.345. The Labute approximate surface area is 189 Å². The highest BCUT2D eigenvalue weighted by atomic mass is 35.5. The maximum Gasteiger partial charge on any atom is 0.271 e. The molecule has 0 aliphatic carbocycles. The second-order valence-corrected chi connectivity index (χ2v) is 7.39. The molecule has 0 saturated carbocycles. The topological polar surface area (TPSA) is 59.9 Å². The van der Waals surface area contributed by atoms with Gasteiger partial charge < -0.3 is 9.47 Å². The molecule has 0 unspecified atom stereocenters. The van der Waals surface area contributed by atoms with Crippen LogP contribution >= 0.6 is 34.8 Å².